The molecule has 0 spiro atoms. The van der Waals surface area contributed by atoms with Crippen LogP contribution < -0.4 is 0 Å². The summed E-state index contributed by atoms with van der Waals surface area (Å²) in [6, 6.07) is -1.13. The summed E-state index contributed by atoms with van der Waals surface area (Å²) >= 11 is 0. The summed E-state index contributed by atoms with van der Waals surface area (Å²) in [5.41, 5.74) is -1.87. The van der Waals surface area contributed by atoms with Crippen molar-refractivity contribution >= 4 is 12.1 Å². The van der Waals surface area contributed by atoms with Gasteiger partial charge in [-0.05, 0) is 34.6 Å². The van der Waals surface area contributed by atoms with Gasteiger partial charge in [0.2, 0.25) is 0 Å². The standard InChI is InChI=1S/C12H23NO5/c1-11(2,3)18-10(16)13(6)8(9(14)15)7-12(4,5)17/h8,17H,7H2,1-6H3,(H,14,15)/t8-/m1/s1. The van der Waals surface area contributed by atoms with Crippen LogP contribution in [0.25, 0.3) is 0 Å². The van der Waals surface area contributed by atoms with E-state index in [2.05, 4.69) is 0 Å². The van der Waals surface area contributed by atoms with Gasteiger partial charge in [0, 0.05) is 13.5 Å². The lowest BCUT2D eigenvalue weighted by Crippen LogP contribution is -2.47. The van der Waals surface area contributed by atoms with Crippen molar-refractivity contribution in [1.82, 2.24) is 4.90 Å². The van der Waals surface area contributed by atoms with E-state index in [0.717, 1.165) is 4.90 Å². The maximum atomic E-state index is 11.7. The highest BCUT2D eigenvalue weighted by Crippen LogP contribution is 2.17. The number of hydrogen-bond acceptors (Lipinski definition) is 4. The van der Waals surface area contributed by atoms with Gasteiger partial charge in [-0.15, -0.1) is 0 Å². The molecule has 18 heavy (non-hydrogen) atoms. The van der Waals surface area contributed by atoms with E-state index in [-0.39, 0.29) is 6.42 Å². The van der Waals surface area contributed by atoms with E-state index in [1.54, 1.807) is 20.8 Å². The van der Waals surface area contributed by atoms with Crippen molar-refractivity contribution in [3.05, 3.63) is 0 Å². The predicted molar refractivity (Wildman–Crippen MR) is 66.3 cm³/mol. The number of carboxylic acid groups (broad SMARTS) is 1. The van der Waals surface area contributed by atoms with Gasteiger partial charge < -0.3 is 14.9 Å². The molecule has 0 unspecified atom stereocenters. The van der Waals surface area contributed by atoms with E-state index >= 15 is 0 Å². The summed E-state index contributed by atoms with van der Waals surface area (Å²) in [4.78, 5) is 23.9. The Hall–Kier alpha value is -1.30. The zero-order chi connectivity index (χ0) is 14.7. The molecule has 0 aromatic heterocycles. The van der Waals surface area contributed by atoms with Gasteiger partial charge in [0.05, 0.1) is 5.60 Å². The quantitative estimate of drug-likeness (QED) is 0.800. The number of carbonyl (C=O) groups excluding carboxylic acids is 1. The highest BCUT2D eigenvalue weighted by Gasteiger charge is 2.33. The molecular formula is C12H23NO5. The third-order valence-electron chi connectivity index (χ3n) is 2.13. The van der Waals surface area contributed by atoms with Crippen molar-refractivity contribution in [1.29, 1.82) is 0 Å². The number of carboxylic acids is 1. The summed E-state index contributed by atoms with van der Waals surface area (Å²) in [5, 5.41) is 18.8. The molecule has 1 amide bonds. The Balaban J connectivity index is 4.83. The number of amides is 1. The van der Waals surface area contributed by atoms with E-state index in [0.29, 0.717) is 0 Å². The molecule has 0 aliphatic carbocycles. The van der Waals surface area contributed by atoms with Crippen LogP contribution in [0.1, 0.15) is 41.0 Å². The van der Waals surface area contributed by atoms with Gasteiger partial charge in [-0.3, -0.25) is 4.90 Å². The summed E-state index contributed by atoms with van der Waals surface area (Å²) in [6.45, 7) is 8.08. The van der Waals surface area contributed by atoms with Crippen molar-refractivity contribution in [3.8, 4) is 0 Å². The smallest absolute Gasteiger partial charge is 0.410 e. The molecule has 0 aliphatic rings. The van der Waals surface area contributed by atoms with Crippen molar-refractivity contribution in [2.45, 2.75) is 58.3 Å². The Labute approximate surface area is 108 Å². The van der Waals surface area contributed by atoms with Crippen LogP contribution >= 0.6 is 0 Å². The van der Waals surface area contributed by atoms with Crippen molar-refractivity contribution in [3.63, 3.8) is 0 Å². The van der Waals surface area contributed by atoms with E-state index in [1.165, 1.54) is 20.9 Å². The third-order valence-corrected chi connectivity index (χ3v) is 2.13. The Morgan fingerprint density at radius 2 is 1.67 bits per heavy atom. The second kappa shape index (κ2) is 5.56. The molecule has 0 bridgehead atoms. The Kier molecular flexibility index (Phi) is 5.16. The van der Waals surface area contributed by atoms with Gasteiger partial charge in [-0.2, -0.15) is 0 Å². The van der Waals surface area contributed by atoms with Crippen LogP contribution in [0.5, 0.6) is 0 Å². The molecule has 0 aromatic rings. The molecule has 0 rings (SSSR count). The van der Waals surface area contributed by atoms with Crippen LogP contribution in [0.2, 0.25) is 0 Å². The number of ether oxygens (including phenoxy) is 1. The first-order valence-electron chi connectivity index (χ1n) is 5.74. The lowest BCUT2D eigenvalue weighted by atomic mass is 9.98. The van der Waals surface area contributed by atoms with Crippen LogP contribution in [0.4, 0.5) is 4.79 Å². The largest absolute Gasteiger partial charge is 0.480 e. The molecular weight excluding hydrogens is 238 g/mol. The summed E-state index contributed by atoms with van der Waals surface area (Å²) in [7, 11) is 1.35. The fourth-order valence-electron chi connectivity index (χ4n) is 1.32. The molecule has 0 fully saturated rings. The minimum absolute atomic E-state index is 0.0714. The second-order valence-electron chi connectivity index (χ2n) is 5.96. The van der Waals surface area contributed by atoms with Gasteiger partial charge >= 0.3 is 12.1 Å². The molecule has 1 atom stereocenters. The lowest BCUT2D eigenvalue weighted by Gasteiger charge is -2.31. The van der Waals surface area contributed by atoms with Gasteiger partial charge in [0.15, 0.2) is 0 Å². The van der Waals surface area contributed by atoms with Crippen molar-refractivity contribution < 1.29 is 24.5 Å². The molecule has 0 heterocycles. The van der Waals surface area contributed by atoms with Gasteiger partial charge in [0.25, 0.3) is 0 Å². The van der Waals surface area contributed by atoms with Crippen LogP contribution in [0, 0.1) is 0 Å². The number of aliphatic carboxylic acids is 1. The average Bonchev–Trinajstić information content (AvgIpc) is 2.08. The SMILES string of the molecule is CN(C(=O)OC(C)(C)C)[C@H](CC(C)(C)O)C(=O)O. The van der Waals surface area contributed by atoms with Gasteiger partial charge in [-0.25, -0.2) is 9.59 Å². The molecule has 0 saturated heterocycles. The number of likely N-dealkylation sites (N-methyl/N-ethyl adjacent to an activating group) is 1. The molecule has 6 nitrogen and oxygen atoms in total. The third kappa shape index (κ3) is 6.44. The first-order valence-corrected chi connectivity index (χ1v) is 5.74. The minimum atomic E-state index is -1.18. The Morgan fingerprint density at radius 1 is 1.22 bits per heavy atom. The first-order chi connectivity index (χ1) is 7.83. The monoisotopic (exact) mass is 261 g/mol. The predicted octanol–water partition coefficient (Wildman–Crippen LogP) is 1.47. The van der Waals surface area contributed by atoms with Crippen LogP contribution in [-0.4, -0.2) is 51.5 Å². The van der Waals surface area contributed by atoms with E-state index < -0.39 is 29.3 Å². The Morgan fingerprint density at radius 3 is 1.94 bits per heavy atom. The fraction of sp³-hybridized carbons (Fsp3) is 0.833. The zero-order valence-corrected chi connectivity index (χ0v) is 11.9. The normalized spacial score (nSPS) is 13.9. The highest BCUT2D eigenvalue weighted by molar-refractivity contribution is 5.80. The van der Waals surface area contributed by atoms with Crippen LogP contribution in [0.3, 0.4) is 0 Å². The Bertz CT molecular complexity index is 313. The number of nitrogens with zero attached hydrogens (tertiary/aromatic N) is 1. The fourth-order valence-corrected chi connectivity index (χ4v) is 1.32. The van der Waals surface area contributed by atoms with Gasteiger partial charge in [0.1, 0.15) is 11.6 Å². The maximum Gasteiger partial charge on any atom is 0.410 e. The molecule has 0 aliphatic heterocycles. The van der Waals surface area contributed by atoms with E-state index in [1.807, 2.05) is 0 Å². The zero-order valence-electron chi connectivity index (χ0n) is 11.9. The number of hydrogen-bond donors (Lipinski definition) is 2. The highest BCUT2D eigenvalue weighted by atomic mass is 16.6. The number of rotatable bonds is 4. The minimum Gasteiger partial charge on any atom is -0.480 e. The summed E-state index contributed by atoms with van der Waals surface area (Å²) < 4.78 is 5.09. The first kappa shape index (κ1) is 16.7. The topological polar surface area (TPSA) is 87.1 Å². The second-order valence-corrected chi connectivity index (χ2v) is 5.96. The lowest BCUT2D eigenvalue weighted by molar-refractivity contribution is -0.144. The maximum absolute atomic E-state index is 11.7. The van der Waals surface area contributed by atoms with Crippen LogP contribution in [-0.2, 0) is 9.53 Å². The number of carbonyl (C=O) groups is 2. The molecule has 106 valence electrons. The van der Waals surface area contributed by atoms with E-state index in [4.69, 9.17) is 9.84 Å². The van der Waals surface area contributed by atoms with Crippen LogP contribution in [0.15, 0.2) is 0 Å². The van der Waals surface area contributed by atoms with Crippen molar-refractivity contribution in [2.75, 3.05) is 7.05 Å². The van der Waals surface area contributed by atoms with Gasteiger partial charge in [-0.1, -0.05) is 0 Å². The number of aliphatic hydroxyl groups is 1. The molecule has 0 saturated carbocycles. The molecule has 2 N–H and O–H groups in total. The summed E-state index contributed by atoms with van der Waals surface area (Å²) in [5.74, 6) is -1.18. The van der Waals surface area contributed by atoms with E-state index in [9.17, 15) is 14.7 Å². The summed E-state index contributed by atoms with van der Waals surface area (Å²) in [6.07, 6.45) is -0.794. The molecule has 6 heteroatoms. The van der Waals surface area contributed by atoms with Crippen molar-refractivity contribution in [2.24, 2.45) is 0 Å². The average molecular weight is 261 g/mol. The molecule has 0 radical (unpaired) electrons. The molecule has 0 aromatic carbocycles.